The Morgan fingerprint density at radius 1 is 1.44 bits per heavy atom. The minimum Gasteiger partial charge on any atom is -0.481 e. The van der Waals surface area contributed by atoms with Crippen LogP contribution in [0.25, 0.3) is 0 Å². The molecule has 2 saturated heterocycles. The van der Waals surface area contributed by atoms with Crippen LogP contribution in [-0.4, -0.2) is 53.8 Å². The fourth-order valence-corrected chi connectivity index (χ4v) is 2.56. The van der Waals surface area contributed by atoms with Gasteiger partial charge in [-0.1, -0.05) is 6.92 Å². The maximum atomic E-state index is 12.1. The molecule has 0 aliphatic carbocycles. The van der Waals surface area contributed by atoms with E-state index in [9.17, 15) is 9.59 Å². The van der Waals surface area contributed by atoms with E-state index in [0.717, 1.165) is 6.42 Å². The molecule has 0 radical (unpaired) electrons. The summed E-state index contributed by atoms with van der Waals surface area (Å²) in [5, 5.41) is 12.0. The molecular formula is C12H20N2O4. The van der Waals surface area contributed by atoms with E-state index < -0.39 is 11.9 Å². The molecule has 0 aromatic heterocycles. The number of rotatable bonds is 2. The number of hydrogen-bond acceptors (Lipinski definition) is 3. The SMILES string of the molecule is C[C@@H]1CN(C(=O)NC2(C)CCOC2)C[C@H]1C(=O)O. The monoisotopic (exact) mass is 256 g/mol. The number of nitrogens with one attached hydrogen (secondary N) is 1. The Hall–Kier alpha value is -1.30. The van der Waals surface area contributed by atoms with Gasteiger partial charge in [0.1, 0.15) is 0 Å². The van der Waals surface area contributed by atoms with Crippen LogP contribution in [0.5, 0.6) is 0 Å². The van der Waals surface area contributed by atoms with Gasteiger partial charge in [0.25, 0.3) is 0 Å². The summed E-state index contributed by atoms with van der Waals surface area (Å²) in [5.74, 6) is -1.28. The number of carboxylic acid groups (broad SMARTS) is 1. The maximum absolute atomic E-state index is 12.1. The predicted molar refractivity (Wildman–Crippen MR) is 64.2 cm³/mol. The van der Waals surface area contributed by atoms with Gasteiger partial charge in [0.2, 0.25) is 0 Å². The van der Waals surface area contributed by atoms with Crippen molar-refractivity contribution in [1.29, 1.82) is 0 Å². The van der Waals surface area contributed by atoms with Gasteiger partial charge in [0.15, 0.2) is 0 Å². The fourth-order valence-electron chi connectivity index (χ4n) is 2.56. The summed E-state index contributed by atoms with van der Waals surface area (Å²) < 4.78 is 5.28. The molecule has 2 amide bonds. The first-order valence-electron chi connectivity index (χ1n) is 6.29. The third-order valence-electron chi connectivity index (χ3n) is 3.84. The molecule has 6 heteroatoms. The highest BCUT2D eigenvalue weighted by Gasteiger charge is 2.39. The lowest BCUT2D eigenvalue weighted by atomic mass is 9.99. The third-order valence-corrected chi connectivity index (χ3v) is 3.84. The number of carbonyl (C=O) groups excluding carboxylic acids is 1. The van der Waals surface area contributed by atoms with Crippen molar-refractivity contribution in [3.05, 3.63) is 0 Å². The number of ether oxygens (including phenoxy) is 1. The minimum absolute atomic E-state index is 0.000819. The van der Waals surface area contributed by atoms with Crippen LogP contribution < -0.4 is 5.32 Å². The van der Waals surface area contributed by atoms with Gasteiger partial charge >= 0.3 is 12.0 Å². The van der Waals surface area contributed by atoms with Gasteiger partial charge in [-0.25, -0.2) is 4.79 Å². The third kappa shape index (κ3) is 2.58. The summed E-state index contributed by atoms with van der Waals surface area (Å²) >= 11 is 0. The Labute approximate surface area is 106 Å². The Morgan fingerprint density at radius 3 is 2.67 bits per heavy atom. The topological polar surface area (TPSA) is 78.9 Å². The molecule has 2 N–H and O–H groups in total. The molecule has 2 heterocycles. The molecule has 3 atom stereocenters. The molecule has 6 nitrogen and oxygen atoms in total. The quantitative estimate of drug-likeness (QED) is 0.755. The number of amides is 2. The van der Waals surface area contributed by atoms with Gasteiger partial charge < -0.3 is 20.1 Å². The summed E-state index contributed by atoms with van der Waals surface area (Å²) in [6, 6.07) is -0.182. The summed E-state index contributed by atoms with van der Waals surface area (Å²) in [4.78, 5) is 24.7. The Balaban J connectivity index is 1.93. The first-order chi connectivity index (χ1) is 8.41. The minimum atomic E-state index is -0.826. The van der Waals surface area contributed by atoms with E-state index in [1.54, 1.807) is 4.90 Å². The lowest BCUT2D eigenvalue weighted by molar-refractivity contribution is -0.142. The number of carboxylic acids is 1. The molecule has 0 spiro atoms. The highest BCUT2D eigenvalue weighted by Crippen LogP contribution is 2.24. The van der Waals surface area contributed by atoms with E-state index in [-0.39, 0.29) is 17.5 Å². The molecule has 0 saturated carbocycles. The highest BCUT2D eigenvalue weighted by atomic mass is 16.5. The number of nitrogens with zero attached hydrogens (tertiary/aromatic N) is 1. The Bertz CT molecular complexity index is 352. The zero-order valence-corrected chi connectivity index (χ0v) is 10.8. The van der Waals surface area contributed by atoms with Crippen LogP contribution in [0, 0.1) is 11.8 Å². The first kappa shape index (κ1) is 13.1. The fraction of sp³-hybridized carbons (Fsp3) is 0.833. The normalized spacial score (nSPS) is 35.8. The Morgan fingerprint density at radius 2 is 2.17 bits per heavy atom. The molecule has 2 fully saturated rings. The molecule has 0 bridgehead atoms. The van der Waals surface area contributed by atoms with Crippen LogP contribution in [0.1, 0.15) is 20.3 Å². The van der Waals surface area contributed by atoms with Crippen LogP contribution in [0.4, 0.5) is 4.79 Å². The molecule has 2 rings (SSSR count). The average molecular weight is 256 g/mol. The molecule has 0 aromatic carbocycles. The van der Waals surface area contributed by atoms with Crippen LogP contribution in [-0.2, 0) is 9.53 Å². The second-order valence-electron chi connectivity index (χ2n) is 5.62. The number of likely N-dealkylation sites (tertiary alicyclic amines) is 1. The van der Waals surface area contributed by atoms with Crippen molar-refractivity contribution in [1.82, 2.24) is 10.2 Å². The van der Waals surface area contributed by atoms with E-state index in [0.29, 0.717) is 26.3 Å². The molecular weight excluding hydrogens is 236 g/mol. The lowest BCUT2D eigenvalue weighted by Gasteiger charge is -2.27. The number of aliphatic carboxylic acids is 1. The zero-order valence-electron chi connectivity index (χ0n) is 10.8. The molecule has 2 aliphatic heterocycles. The molecule has 2 aliphatic rings. The van der Waals surface area contributed by atoms with Crippen molar-refractivity contribution in [2.45, 2.75) is 25.8 Å². The maximum Gasteiger partial charge on any atom is 0.317 e. The van der Waals surface area contributed by atoms with Gasteiger partial charge in [0, 0.05) is 19.7 Å². The van der Waals surface area contributed by atoms with Gasteiger partial charge in [-0.2, -0.15) is 0 Å². The number of urea groups is 1. The van der Waals surface area contributed by atoms with Crippen molar-refractivity contribution in [2.75, 3.05) is 26.3 Å². The summed E-state index contributed by atoms with van der Waals surface area (Å²) in [5.41, 5.74) is -0.318. The first-order valence-corrected chi connectivity index (χ1v) is 6.29. The lowest BCUT2D eigenvalue weighted by Crippen LogP contribution is -2.51. The standard InChI is InChI=1S/C12H20N2O4/c1-8-5-14(6-9(8)10(15)16)11(17)13-12(2)3-4-18-7-12/h8-9H,3-7H2,1-2H3,(H,13,17)(H,15,16)/t8-,9-,12?/m1/s1. The molecule has 102 valence electrons. The molecule has 0 aromatic rings. The van der Waals surface area contributed by atoms with E-state index in [4.69, 9.17) is 9.84 Å². The second-order valence-corrected chi connectivity index (χ2v) is 5.62. The van der Waals surface area contributed by atoms with E-state index in [1.165, 1.54) is 0 Å². The summed E-state index contributed by atoms with van der Waals surface area (Å²) in [6.45, 7) is 5.78. The van der Waals surface area contributed by atoms with Crippen LogP contribution in [0.15, 0.2) is 0 Å². The van der Waals surface area contributed by atoms with Gasteiger partial charge in [-0.15, -0.1) is 0 Å². The Kier molecular flexibility index (Phi) is 3.47. The van der Waals surface area contributed by atoms with Crippen molar-refractivity contribution in [2.24, 2.45) is 11.8 Å². The van der Waals surface area contributed by atoms with Crippen molar-refractivity contribution in [3.8, 4) is 0 Å². The van der Waals surface area contributed by atoms with Crippen LogP contribution in [0.2, 0.25) is 0 Å². The van der Waals surface area contributed by atoms with Crippen LogP contribution in [0.3, 0.4) is 0 Å². The van der Waals surface area contributed by atoms with Gasteiger partial charge in [-0.05, 0) is 19.3 Å². The number of hydrogen-bond donors (Lipinski definition) is 2. The highest BCUT2D eigenvalue weighted by molar-refractivity contribution is 5.78. The second kappa shape index (κ2) is 4.76. The van der Waals surface area contributed by atoms with Crippen LogP contribution >= 0.6 is 0 Å². The zero-order chi connectivity index (χ0) is 13.3. The molecule has 18 heavy (non-hydrogen) atoms. The molecule has 1 unspecified atom stereocenters. The van der Waals surface area contributed by atoms with E-state index >= 15 is 0 Å². The van der Waals surface area contributed by atoms with Crippen molar-refractivity contribution in [3.63, 3.8) is 0 Å². The van der Waals surface area contributed by atoms with E-state index in [1.807, 2.05) is 13.8 Å². The van der Waals surface area contributed by atoms with Gasteiger partial charge in [0.05, 0.1) is 18.1 Å². The largest absolute Gasteiger partial charge is 0.481 e. The number of carbonyl (C=O) groups is 2. The van der Waals surface area contributed by atoms with E-state index in [2.05, 4.69) is 5.32 Å². The van der Waals surface area contributed by atoms with Gasteiger partial charge in [-0.3, -0.25) is 4.79 Å². The van der Waals surface area contributed by atoms with Crippen molar-refractivity contribution >= 4 is 12.0 Å². The summed E-state index contributed by atoms with van der Waals surface area (Å²) in [6.07, 6.45) is 0.796. The summed E-state index contributed by atoms with van der Waals surface area (Å²) in [7, 11) is 0. The van der Waals surface area contributed by atoms with Crippen molar-refractivity contribution < 1.29 is 19.4 Å². The smallest absolute Gasteiger partial charge is 0.317 e. The average Bonchev–Trinajstić information content (AvgIpc) is 2.85. The predicted octanol–water partition coefficient (Wildman–Crippen LogP) is 0.527.